The van der Waals surface area contributed by atoms with Crippen molar-refractivity contribution in [2.24, 2.45) is 4.99 Å². The fraction of sp³-hybridized carbons (Fsp3) is 0.381. The van der Waals surface area contributed by atoms with Gasteiger partial charge in [0.05, 0.1) is 6.61 Å². The number of para-hydroxylation sites is 1. The van der Waals surface area contributed by atoms with Gasteiger partial charge in [-0.3, -0.25) is 4.99 Å². The largest absolute Gasteiger partial charge is 0.494 e. The van der Waals surface area contributed by atoms with E-state index >= 15 is 0 Å². The van der Waals surface area contributed by atoms with Crippen LogP contribution in [0.1, 0.15) is 23.6 Å². The Labute approximate surface area is 157 Å². The number of benzene rings is 2. The number of hydrogen-bond acceptors (Lipinski definition) is 3. The normalized spacial score (nSPS) is 11.5. The van der Waals surface area contributed by atoms with Gasteiger partial charge in [0.2, 0.25) is 0 Å². The van der Waals surface area contributed by atoms with Crippen LogP contribution in [-0.2, 0) is 19.6 Å². The third-order valence-corrected chi connectivity index (χ3v) is 3.92. The number of aliphatic imine (C=N–C) groups is 1. The first-order valence-corrected chi connectivity index (χ1v) is 9.00. The summed E-state index contributed by atoms with van der Waals surface area (Å²) >= 11 is 0. The van der Waals surface area contributed by atoms with Crippen molar-refractivity contribution in [1.29, 1.82) is 0 Å². The van der Waals surface area contributed by atoms with Gasteiger partial charge in [0.15, 0.2) is 5.96 Å². The Hall–Kier alpha value is -2.53. The maximum atomic E-state index is 5.67. The van der Waals surface area contributed by atoms with Crippen LogP contribution in [0.2, 0.25) is 0 Å². The Morgan fingerprint density at radius 2 is 1.62 bits per heavy atom. The zero-order valence-corrected chi connectivity index (χ0v) is 16.2. The third-order valence-electron chi connectivity index (χ3n) is 3.92. The van der Waals surface area contributed by atoms with Crippen molar-refractivity contribution in [3.05, 3.63) is 65.2 Å². The number of nitrogens with one attached hydrogen (secondary N) is 2. The van der Waals surface area contributed by atoms with Crippen LogP contribution < -0.4 is 15.4 Å². The second kappa shape index (κ2) is 10.5. The van der Waals surface area contributed by atoms with Gasteiger partial charge in [0.25, 0.3) is 0 Å². The summed E-state index contributed by atoms with van der Waals surface area (Å²) in [6, 6.07) is 16.7. The second-order valence-corrected chi connectivity index (χ2v) is 6.37. The molecule has 0 saturated carbocycles. The Morgan fingerprint density at radius 1 is 0.962 bits per heavy atom. The van der Waals surface area contributed by atoms with Gasteiger partial charge < -0.3 is 20.3 Å². The van der Waals surface area contributed by atoms with Crippen molar-refractivity contribution in [1.82, 2.24) is 15.5 Å². The third kappa shape index (κ3) is 6.41. The van der Waals surface area contributed by atoms with Crippen molar-refractivity contribution >= 4 is 5.96 Å². The highest BCUT2D eigenvalue weighted by Gasteiger charge is 2.04. The van der Waals surface area contributed by atoms with Gasteiger partial charge in [-0.25, -0.2) is 0 Å². The van der Waals surface area contributed by atoms with E-state index in [1.807, 2.05) is 25.1 Å². The average molecular weight is 354 g/mol. The van der Waals surface area contributed by atoms with E-state index in [4.69, 9.17) is 4.74 Å². The lowest BCUT2D eigenvalue weighted by Gasteiger charge is -2.15. The lowest BCUT2D eigenvalue weighted by molar-refractivity contribution is 0.336. The van der Waals surface area contributed by atoms with Crippen LogP contribution in [0.3, 0.4) is 0 Å². The van der Waals surface area contributed by atoms with Crippen molar-refractivity contribution in [2.45, 2.75) is 26.6 Å². The van der Waals surface area contributed by atoms with E-state index < -0.39 is 0 Å². The van der Waals surface area contributed by atoms with E-state index in [9.17, 15) is 0 Å². The highest BCUT2D eigenvalue weighted by molar-refractivity contribution is 5.79. The van der Waals surface area contributed by atoms with Gasteiger partial charge in [-0.1, -0.05) is 42.5 Å². The molecule has 0 aliphatic heterocycles. The average Bonchev–Trinajstić information content (AvgIpc) is 2.64. The van der Waals surface area contributed by atoms with Gasteiger partial charge >= 0.3 is 0 Å². The van der Waals surface area contributed by atoms with E-state index in [1.165, 1.54) is 11.1 Å². The van der Waals surface area contributed by atoms with Crippen molar-refractivity contribution in [2.75, 3.05) is 27.7 Å². The minimum absolute atomic E-state index is 0.661. The molecule has 0 bridgehead atoms. The van der Waals surface area contributed by atoms with Crippen LogP contribution >= 0.6 is 0 Å². The fourth-order valence-electron chi connectivity index (χ4n) is 2.66. The number of guanidine groups is 1. The van der Waals surface area contributed by atoms with Crippen LogP contribution in [0.5, 0.6) is 5.75 Å². The van der Waals surface area contributed by atoms with E-state index in [0.717, 1.165) is 30.4 Å². The Kier molecular flexibility index (Phi) is 7.96. The summed E-state index contributed by atoms with van der Waals surface area (Å²) in [5.41, 5.74) is 3.66. The number of hydrogen-bond donors (Lipinski definition) is 2. The molecule has 0 spiro atoms. The molecule has 2 aromatic rings. The molecule has 5 heteroatoms. The maximum absolute atomic E-state index is 5.67. The van der Waals surface area contributed by atoms with Gasteiger partial charge in [-0.15, -0.1) is 0 Å². The summed E-state index contributed by atoms with van der Waals surface area (Å²) in [6.45, 7) is 5.01. The van der Waals surface area contributed by atoms with Gasteiger partial charge in [-0.05, 0) is 38.2 Å². The molecule has 0 heterocycles. The molecule has 26 heavy (non-hydrogen) atoms. The summed E-state index contributed by atoms with van der Waals surface area (Å²) in [7, 11) is 5.94. The fourth-order valence-corrected chi connectivity index (χ4v) is 2.66. The maximum Gasteiger partial charge on any atom is 0.191 e. The molecule has 2 aromatic carbocycles. The van der Waals surface area contributed by atoms with E-state index in [1.54, 1.807) is 7.05 Å². The Morgan fingerprint density at radius 3 is 2.27 bits per heavy atom. The molecule has 0 atom stereocenters. The highest BCUT2D eigenvalue weighted by Crippen LogP contribution is 2.17. The molecule has 0 saturated heterocycles. The smallest absolute Gasteiger partial charge is 0.191 e. The first kappa shape index (κ1) is 19.8. The van der Waals surface area contributed by atoms with Crippen LogP contribution in [-0.4, -0.2) is 38.6 Å². The van der Waals surface area contributed by atoms with Crippen LogP contribution in [0, 0.1) is 0 Å². The minimum Gasteiger partial charge on any atom is -0.494 e. The molecule has 0 aliphatic rings. The Balaban J connectivity index is 1.86. The quantitative estimate of drug-likeness (QED) is 0.565. The second-order valence-electron chi connectivity index (χ2n) is 6.37. The standard InChI is InChI=1S/C21H30N4O/c1-5-26-20-9-7-6-8-19(20)15-24-21(22-2)23-14-17-10-12-18(13-11-17)16-25(3)4/h6-13H,5,14-16H2,1-4H3,(H2,22,23,24). The monoisotopic (exact) mass is 354 g/mol. The summed E-state index contributed by atoms with van der Waals surface area (Å²) < 4.78 is 5.67. The van der Waals surface area contributed by atoms with Gasteiger partial charge in [0.1, 0.15) is 5.75 Å². The number of rotatable bonds is 8. The zero-order valence-electron chi connectivity index (χ0n) is 16.2. The van der Waals surface area contributed by atoms with Crippen LogP contribution in [0.15, 0.2) is 53.5 Å². The highest BCUT2D eigenvalue weighted by atomic mass is 16.5. The number of ether oxygens (including phenoxy) is 1. The SMILES string of the molecule is CCOc1ccccc1CNC(=NC)NCc1ccc(CN(C)C)cc1. The molecular weight excluding hydrogens is 324 g/mol. The molecule has 140 valence electrons. The predicted octanol–water partition coefficient (Wildman–Crippen LogP) is 3.01. The predicted molar refractivity (Wildman–Crippen MR) is 108 cm³/mol. The molecular formula is C21H30N4O. The molecule has 5 nitrogen and oxygen atoms in total. The molecule has 0 radical (unpaired) electrons. The summed E-state index contributed by atoms with van der Waals surface area (Å²) in [4.78, 5) is 6.46. The molecule has 0 aromatic heterocycles. The molecule has 2 rings (SSSR count). The molecule has 0 aliphatic carbocycles. The molecule has 0 amide bonds. The lowest BCUT2D eigenvalue weighted by atomic mass is 10.1. The summed E-state index contributed by atoms with van der Waals surface area (Å²) in [5.74, 6) is 1.68. The zero-order chi connectivity index (χ0) is 18.8. The van der Waals surface area contributed by atoms with E-state index in [-0.39, 0.29) is 0 Å². The van der Waals surface area contributed by atoms with Gasteiger partial charge in [0, 0.05) is 32.2 Å². The summed E-state index contributed by atoms with van der Waals surface area (Å²) in [5, 5.41) is 6.70. The molecule has 2 N–H and O–H groups in total. The van der Waals surface area contributed by atoms with Crippen molar-refractivity contribution in [3.8, 4) is 5.75 Å². The lowest BCUT2D eigenvalue weighted by Crippen LogP contribution is -2.36. The molecule has 0 fully saturated rings. The van der Waals surface area contributed by atoms with Crippen LogP contribution in [0.4, 0.5) is 0 Å². The first-order chi connectivity index (χ1) is 12.6. The number of nitrogens with zero attached hydrogens (tertiary/aromatic N) is 2. The van der Waals surface area contributed by atoms with Gasteiger partial charge in [-0.2, -0.15) is 0 Å². The Bertz CT molecular complexity index is 695. The van der Waals surface area contributed by atoms with Crippen molar-refractivity contribution in [3.63, 3.8) is 0 Å². The summed E-state index contributed by atoms with van der Waals surface area (Å²) in [6.07, 6.45) is 0. The minimum atomic E-state index is 0.661. The van der Waals surface area contributed by atoms with Crippen LogP contribution in [0.25, 0.3) is 0 Å². The first-order valence-electron chi connectivity index (χ1n) is 9.00. The van der Waals surface area contributed by atoms with E-state index in [0.29, 0.717) is 13.2 Å². The van der Waals surface area contributed by atoms with Crippen molar-refractivity contribution < 1.29 is 4.74 Å². The van der Waals surface area contributed by atoms with E-state index in [2.05, 4.69) is 65.0 Å². The topological polar surface area (TPSA) is 48.9 Å². The molecule has 0 unspecified atom stereocenters.